The first-order valence-corrected chi connectivity index (χ1v) is 14.7. The summed E-state index contributed by atoms with van der Waals surface area (Å²) >= 11 is 0. The Morgan fingerprint density at radius 1 is 1.10 bits per heavy atom. The van der Waals surface area contributed by atoms with Crippen molar-refractivity contribution in [1.29, 1.82) is 0 Å². The molecule has 2 aromatic heterocycles. The molecule has 9 nitrogen and oxygen atoms in total. The van der Waals surface area contributed by atoms with E-state index in [0.717, 1.165) is 38.2 Å². The van der Waals surface area contributed by atoms with Crippen LogP contribution in [0.15, 0.2) is 18.3 Å². The average molecular weight is 598 g/mol. The molecule has 2 amide bonds. The van der Waals surface area contributed by atoms with Gasteiger partial charge in [-0.1, -0.05) is 12.8 Å². The standard InChI is InChI=1S/C28H36F5N7O2/c29-27(30)12-5-14-39(17-27)15-11-19(16-22(41)35-18-6-3-7-18)36-26(42)24-37-25(40(38-24)20-8-1-2-9-20)23-21(28(31,32)33)10-4-13-34-23/h4,10,13,18-20H,1-3,5-9,11-12,14-17H2,(H,35,41)(H,36,42)/t19-/m0/s1. The van der Waals surface area contributed by atoms with Crippen LogP contribution in [0.4, 0.5) is 22.0 Å². The Morgan fingerprint density at radius 3 is 2.52 bits per heavy atom. The van der Waals surface area contributed by atoms with Crippen LogP contribution < -0.4 is 10.6 Å². The number of nitrogens with zero attached hydrogens (tertiary/aromatic N) is 5. The highest BCUT2D eigenvalue weighted by molar-refractivity contribution is 5.91. The number of carbonyl (C=O) groups is 2. The zero-order valence-corrected chi connectivity index (χ0v) is 23.3. The molecule has 2 aliphatic carbocycles. The number of piperidine rings is 1. The topological polar surface area (TPSA) is 105 Å². The number of amides is 2. The summed E-state index contributed by atoms with van der Waals surface area (Å²) in [6.07, 6.45) is 2.76. The minimum atomic E-state index is -4.69. The zero-order valence-electron chi connectivity index (χ0n) is 23.3. The predicted octanol–water partition coefficient (Wildman–Crippen LogP) is 4.75. The van der Waals surface area contributed by atoms with E-state index in [1.165, 1.54) is 16.9 Å². The Labute approximate surface area is 240 Å². The van der Waals surface area contributed by atoms with Gasteiger partial charge in [-0.15, -0.1) is 5.10 Å². The molecule has 1 aliphatic heterocycles. The monoisotopic (exact) mass is 597 g/mol. The molecule has 3 aliphatic rings. The zero-order chi connectivity index (χ0) is 29.9. The van der Waals surface area contributed by atoms with Gasteiger partial charge in [0, 0.05) is 37.7 Å². The molecule has 0 aromatic carbocycles. The number of alkyl halides is 5. The van der Waals surface area contributed by atoms with Crippen molar-refractivity contribution in [2.45, 2.75) is 101 Å². The summed E-state index contributed by atoms with van der Waals surface area (Å²) in [5.74, 6) is -4.27. The van der Waals surface area contributed by atoms with Gasteiger partial charge in [-0.05, 0) is 63.6 Å². The van der Waals surface area contributed by atoms with E-state index in [1.807, 2.05) is 0 Å². The van der Waals surface area contributed by atoms with E-state index >= 15 is 0 Å². The second-order valence-electron chi connectivity index (χ2n) is 11.6. The first-order chi connectivity index (χ1) is 20.0. The number of aromatic nitrogens is 4. The number of hydrogen-bond acceptors (Lipinski definition) is 6. The lowest BCUT2D eigenvalue weighted by Gasteiger charge is -2.33. The van der Waals surface area contributed by atoms with Crippen LogP contribution in [0.25, 0.3) is 11.5 Å². The van der Waals surface area contributed by atoms with Gasteiger partial charge in [0.25, 0.3) is 11.8 Å². The Morgan fingerprint density at radius 2 is 1.86 bits per heavy atom. The lowest BCUT2D eigenvalue weighted by atomic mass is 9.93. The summed E-state index contributed by atoms with van der Waals surface area (Å²) in [5, 5.41) is 10.0. The highest BCUT2D eigenvalue weighted by atomic mass is 19.4. The first-order valence-electron chi connectivity index (χ1n) is 14.7. The van der Waals surface area contributed by atoms with Crippen molar-refractivity contribution in [2.24, 2.45) is 0 Å². The van der Waals surface area contributed by atoms with Gasteiger partial charge in [-0.3, -0.25) is 19.5 Å². The number of nitrogens with one attached hydrogen (secondary N) is 2. The summed E-state index contributed by atoms with van der Waals surface area (Å²) in [6, 6.07) is 1.24. The Bertz CT molecular complexity index is 1260. The molecule has 0 radical (unpaired) electrons. The summed E-state index contributed by atoms with van der Waals surface area (Å²) < 4.78 is 70.8. The van der Waals surface area contributed by atoms with E-state index in [0.29, 0.717) is 25.8 Å². The maximum absolute atomic E-state index is 13.9. The van der Waals surface area contributed by atoms with Gasteiger partial charge in [0.1, 0.15) is 5.69 Å². The highest BCUT2D eigenvalue weighted by Crippen LogP contribution is 2.38. The fourth-order valence-electron chi connectivity index (χ4n) is 5.91. The van der Waals surface area contributed by atoms with Crippen LogP contribution in [0, 0.1) is 0 Å². The Kier molecular flexibility index (Phi) is 9.09. The van der Waals surface area contributed by atoms with Crippen molar-refractivity contribution >= 4 is 11.8 Å². The van der Waals surface area contributed by atoms with Crippen LogP contribution in [0.5, 0.6) is 0 Å². The van der Waals surface area contributed by atoms with Gasteiger partial charge < -0.3 is 10.6 Å². The maximum atomic E-state index is 13.9. The fourth-order valence-corrected chi connectivity index (χ4v) is 5.91. The average Bonchev–Trinajstić information content (AvgIpc) is 3.59. The maximum Gasteiger partial charge on any atom is 0.418 e. The first kappa shape index (κ1) is 30.3. The van der Waals surface area contributed by atoms with E-state index in [4.69, 9.17) is 0 Å². The SMILES string of the molecule is O=C(C[C@H](CCN1CCCC(F)(F)C1)NC(=O)c1nc(-c2ncccc2C(F)(F)F)n(C2CCCC2)n1)NC1CCC1. The number of rotatable bonds is 10. The minimum absolute atomic E-state index is 0.0683. The number of halogens is 5. The van der Waals surface area contributed by atoms with Crippen molar-refractivity contribution in [3.8, 4) is 11.5 Å². The van der Waals surface area contributed by atoms with Crippen LogP contribution in [0.3, 0.4) is 0 Å². The van der Waals surface area contributed by atoms with E-state index < -0.39 is 35.3 Å². The van der Waals surface area contributed by atoms with Gasteiger partial charge in [0.05, 0.1) is 18.2 Å². The van der Waals surface area contributed by atoms with Gasteiger partial charge >= 0.3 is 6.18 Å². The van der Waals surface area contributed by atoms with Gasteiger partial charge in [0.15, 0.2) is 5.82 Å². The molecule has 0 unspecified atom stereocenters. The largest absolute Gasteiger partial charge is 0.418 e. The lowest BCUT2D eigenvalue weighted by Crippen LogP contribution is -2.47. The molecule has 2 N–H and O–H groups in total. The molecule has 2 saturated carbocycles. The minimum Gasteiger partial charge on any atom is -0.353 e. The van der Waals surface area contributed by atoms with E-state index in [-0.39, 0.29) is 62.0 Å². The Balaban J connectivity index is 1.37. The summed E-state index contributed by atoms with van der Waals surface area (Å²) in [6.45, 7) is 0.354. The smallest absolute Gasteiger partial charge is 0.353 e. The normalized spacial score (nSPS) is 20.7. The van der Waals surface area contributed by atoms with Gasteiger partial charge in [0.2, 0.25) is 11.7 Å². The molecule has 3 heterocycles. The molecule has 5 rings (SSSR count). The third kappa shape index (κ3) is 7.42. The number of carbonyl (C=O) groups excluding carboxylic acids is 2. The highest BCUT2D eigenvalue weighted by Gasteiger charge is 2.38. The summed E-state index contributed by atoms with van der Waals surface area (Å²) in [4.78, 5) is 36.0. The number of pyridine rings is 1. The molecule has 3 fully saturated rings. The van der Waals surface area contributed by atoms with E-state index in [9.17, 15) is 31.5 Å². The fraction of sp³-hybridized carbons (Fsp3) is 0.679. The molecule has 2 aromatic rings. The molecule has 42 heavy (non-hydrogen) atoms. The molecule has 0 bridgehead atoms. The van der Waals surface area contributed by atoms with Crippen molar-refractivity contribution in [1.82, 2.24) is 35.3 Å². The summed E-state index contributed by atoms with van der Waals surface area (Å²) in [7, 11) is 0. The van der Waals surface area contributed by atoms with Gasteiger partial charge in [-0.2, -0.15) is 13.2 Å². The molecular formula is C28H36F5N7O2. The Hall–Kier alpha value is -3.16. The second kappa shape index (κ2) is 12.6. The van der Waals surface area contributed by atoms with Crippen molar-refractivity contribution < 1.29 is 31.5 Å². The molecule has 230 valence electrons. The summed E-state index contributed by atoms with van der Waals surface area (Å²) in [5.41, 5.74) is -1.39. The predicted molar refractivity (Wildman–Crippen MR) is 143 cm³/mol. The third-order valence-corrected chi connectivity index (χ3v) is 8.33. The van der Waals surface area contributed by atoms with E-state index in [2.05, 4.69) is 25.7 Å². The second-order valence-corrected chi connectivity index (χ2v) is 11.6. The van der Waals surface area contributed by atoms with Crippen molar-refractivity contribution in [3.63, 3.8) is 0 Å². The molecule has 1 saturated heterocycles. The van der Waals surface area contributed by atoms with Crippen molar-refractivity contribution in [3.05, 3.63) is 29.7 Å². The van der Waals surface area contributed by atoms with Crippen LogP contribution in [-0.2, 0) is 11.0 Å². The van der Waals surface area contributed by atoms with Crippen LogP contribution in [0.2, 0.25) is 0 Å². The quantitative estimate of drug-likeness (QED) is 0.383. The van der Waals surface area contributed by atoms with Crippen LogP contribution >= 0.6 is 0 Å². The van der Waals surface area contributed by atoms with Crippen LogP contribution in [-0.4, -0.2) is 74.1 Å². The molecule has 1 atom stereocenters. The van der Waals surface area contributed by atoms with E-state index in [1.54, 1.807) is 4.90 Å². The molecule has 0 spiro atoms. The third-order valence-electron chi connectivity index (χ3n) is 8.33. The van der Waals surface area contributed by atoms with Gasteiger partial charge in [-0.25, -0.2) is 18.4 Å². The van der Waals surface area contributed by atoms with Crippen molar-refractivity contribution in [2.75, 3.05) is 19.6 Å². The van der Waals surface area contributed by atoms with Crippen LogP contribution in [0.1, 0.15) is 92.9 Å². The number of hydrogen-bond donors (Lipinski definition) is 2. The lowest BCUT2D eigenvalue weighted by molar-refractivity contribution is -0.137. The molecular weight excluding hydrogens is 561 g/mol. The number of likely N-dealkylation sites (tertiary alicyclic amines) is 1. The molecule has 14 heteroatoms.